The average Bonchev–Trinajstić information content (AvgIpc) is 2.55. The van der Waals surface area contributed by atoms with E-state index in [1.165, 1.54) is 5.56 Å². The molecule has 0 unspecified atom stereocenters. The van der Waals surface area contributed by atoms with E-state index in [4.69, 9.17) is 19.5 Å². The van der Waals surface area contributed by atoms with Crippen LogP contribution < -0.4 is 0 Å². The van der Waals surface area contributed by atoms with Crippen LogP contribution in [-0.4, -0.2) is 0 Å². The summed E-state index contributed by atoms with van der Waals surface area (Å²) in [5.74, 6) is 0.469. The van der Waals surface area contributed by atoms with Crippen molar-refractivity contribution < 1.29 is 31.1 Å². The van der Waals surface area contributed by atoms with Crippen LogP contribution in [0.3, 0.4) is 0 Å². The number of rotatable bonds is 1. The van der Waals surface area contributed by atoms with Gasteiger partial charge in [-0.2, -0.15) is 0 Å². The number of hydrogen-bond acceptors (Lipinski definition) is 1. The molecule has 4 nitrogen and oxygen atoms in total. The number of benzene rings is 1. The van der Waals surface area contributed by atoms with Crippen LogP contribution in [0.1, 0.15) is 11.5 Å². The molecule has 96 valence electrons. The van der Waals surface area contributed by atoms with Gasteiger partial charge in [-0.3, -0.25) is 0 Å². The quantitative estimate of drug-likeness (QED) is 0.445. The van der Waals surface area contributed by atoms with Gasteiger partial charge in [0.25, 0.3) is 0 Å². The minimum atomic E-state index is 0. The summed E-state index contributed by atoms with van der Waals surface area (Å²) in [6, 6.07) is 10.5. The van der Waals surface area contributed by atoms with Gasteiger partial charge in [-0.05, 0) is 12.0 Å². The monoisotopic (exact) mass is 296 g/mol. The molecule has 1 atom stereocenters. The Kier molecular flexibility index (Phi) is 22.2. The first-order chi connectivity index (χ1) is 8.97. The van der Waals surface area contributed by atoms with E-state index in [0.717, 1.165) is 0 Å². The summed E-state index contributed by atoms with van der Waals surface area (Å²) >= 11 is 0. The Morgan fingerprint density at radius 2 is 1.37 bits per heavy atom. The van der Waals surface area contributed by atoms with E-state index in [-0.39, 0.29) is 17.1 Å². The largest absolute Gasteiger partial charge is 0.0799 e. The molecule has 0 spiro atoms. The van der Waals surface area contributed by atoms with Crippen LogP contribution in [0.4, 0.5) is 0 Å². The normalized spacial score (nSPS) is 13.7. The molecule has 0 aromatic heterocycles. The molecule has 2 rings (SSSR count). The molecular formula is C14H11MnNO3+. The Morgan fingerprint density at radius 3 is 1.79 bits per heavy atom. The fraction of sp³-hybridized carbons (Fsp3) is 0.0714. The minimum Gasteiger partial charge on any atom is -0.0799 e. The van der Waals surface area contributed by atoms with Crippen LogP contribution >= 0.6 is 0 Å². The third kappa shape index (κ3) is 10.0. The smallest absolute Gasteiger partial charge is 0.00900 e. The van der Waals surface area contributed by atoms with Gasteiger partial charge >= 0.3 is 32.8 Å². The standard InChI is InChI=1S/C12H11.2CO.Mn.NO/c1-3-7-11(8-4-1)12-9-5-2-6-10-12;2*1-2;;1-2/h1-11H;;;;/q;;;;+1. The number of nitrogens with zero attached hydrogens (tertiary/aromatic N) is 1. The van der Waals surface area contributed by atoms with E-state index in [1.807, 2.05) is 6.07 Å². The zero-order valence-electron chi connectivity index (χ0n) is 9.90. The second kappa shape index (κ2) is 18.7. The zero-order valence-corrected chi connectivity index (χ0v) is 11.1. The maximum absolute atomic E-state index is 7.50. The molecule has 1 aromatic rings. The second-order valence-electron chi connectivity index (χ2n) is 2.90. The first-order valence-corrected chi connectivity index (χ1v) is 4.79. The molecule has 5 heteroatoms. The van der Waals surface area contributed by atoms with Crippen LogP contribution in [0.2, 0.25) is 0 Å². The van der Waals surface area contributed by atoms with E-state index < -0.39 is 0 Å². The van der Waals surface area contributed by atoms with Crippen LogP contribution in [0.25, 0.3) is 0 Å². The van der Waals surface area contributed by atoms with Crippen molar-refractivity contribution in [1.82, 2.24) is 0 Å². The summed E-state index contributed by atoms with van der Waals surface area (Å²) in [7, 11) is 0. The summed E-state index contributed by atoms with van der Waals surface area (Å²) in [6.07, 6.45) is 10.7. The maximum atomic E-state index is 7.50. The van der Waals surface area contributed by atoms with Gasteiger partial charge in [0.2, 0.25) is 0 Å². The Hall–Kier alpha value is -1.63. The Bertz CT molecular complexity index is 407. The van der Waals surface area contributed by atoms with Crippen molar-refractivity contribution in [2.75, 3.05) is 0 Å². The second-order valence-corrected chi connectivity index (χ2v) is 2.90. The van der Waals surface area contributed by atoms with Crippen molar-refractivity contribution in [3.8, 4) is 0 Å². The van der Waals surface area contributed by atoms with Crippen LogP contribution in [0.15, 0.2) is 54.6 Å². The average molecular weight is 296 g/mol. The van der Waals surface area contributed by atoms with Crippen molar-refractivity contribution in [3.05, 3.63) is 79.9 Å². The summed E-state index contributed by atoms with van der Waals surface area (Å²) in [5.41, 5.74) is 7.11. The fourth-order valence-corrected chi connectivity index (χ4v) is 1.39. The molecule has 0 amide bonds. The zero-order chi connectivity index (χ0) is 14.2. The van der Waals surface area contributed by atoms with Gasteiger partial charge in [0.1, 0.15) is 0 Å². The van der Waals surface area contributed by atoms with Crippen molar-refractivity contribution in [2.45, 2.75) is 5.92 Å². The molecule has 1 aliphatic carbocycles. The van der Waals surface area contributed by atoms with E-state index >= 15 is 0 Å². The minimum absolute atomic E-state index is 0. The van der Waals surface area contributed by atoms with E-state index in [2.05, 4.69) is 68.3 Å². The van der Waals surface area contributed by atoms with E-state index in [9.17, 15) is 0 Å². The first kappa shape index (κ1) is 22.5. The van der Waals surface area contributed by atoms with Crippen LogP contribution in [0, 0.1) is 25.2 Å². The molecule has 0 N–H and O–H groups in total. The summed E-state index contributed by atoms with van der Waals surface area (Å²) in [6.45, 7) is 9.00. The predicted molar refractivity (Wildman–Crippen MR) is 62.0 cm³/mol. The van der Waals surface area contributed by atoms with Crippen LogP contribution in [-0.2, 0) is 31.1 Å². The Morgan fingerprint density at radius 1 is 0.842 bits per heavy atom. The van der Waals surface area contributed by atoms with Gasteiger partial charge in [0.15, 0.2) is 0 Å². The molecular weight excluding hydrogens is 285 g/mol. The van der Waals surface area contributed by atoms with Gasteiger partial charge in [-0.15, -0.1) is 0 Å². The van der Waals surface area contributed by atoms with Gasteiger partial charge in [-0.25, -0.2) is 0 Å². The molecule has 1 aromatic carbocycles. The predicted octanol–water partition coefficient (Wildman–Crippen LogP) is 2.92. The Balaban J connectivity index is -0.000000325. The van der Waals surface area contributed by atoms with Crippen molar-refractivity contribution in [1.29, 1.82) is 5.46 Å². The van der Waals surface area contributed by atoms with Gasteiger partial charge < -0.3 is 0 Å². The van der Waals surface area contributed by atoms with Gasteiger partial charge in [0.05, 0.1) is 0 Å². The molecule has 0 saturated heterocycles. The molecule has 0 heterocycles. The van der Waals surface area contributed by atoms with Crippen molar-refractivity contribution in [2.24, 2.45) is 0 Å². The molecule has 19 heavy (non-hydrogen) atoms. The fourth-order valence-electron chi connectivity index (χ4n) is 1.39. The molecule has 0 saturated carbocycles. The third-order valence-corrected chi connectivity index (χ3v) is 2.04. The Labute approximate surface area is 123 Å². The molecule has 2 radical (unpaired) electrons. The summed E-state index contributed by atoms with van der Waals surface area (Å²) < 4.78 is 22.2. The van der Waals surface area contributed by atoms with Crippen molar-refractivity contribution >= 4 is 0 Å². The number of hydrogen-bond donors (Lipinski definition) is 0. The van der Waals surface area contributed by atoms with Crippen molar-refractivity contribution in [3.63, 3.8) is 0 Å². The third-order valence-electron chi connectivity index (χ3n) is 2.04. The molecule has 0 bridgehead atoms. The number of allylic oxidation sites excluding steroid dienone is 4. The summed E-state index contributed by atoms with van der Waals surface area (Å²) in [4.78, 5) is 0. The van der Waals surface area contributed by atoms with Gasteiger partial charge in [-0.1, -0.05) is 54.6 Å². The molecule has 0 fully saturated rings. The van der Waals surface area contributed by atoms with E-state index in [0.29, 0.717) is 5.92 Å². The topological polar surface area (TPSA) is 83.5 Å². The van der Waals surface area contributed by atoms with Crippen LogP contribution in [0.5, 0.6) is 0 Å². The molecule has 1 aliphatic rings. The maximum Gasteiger partial charge on any atom is 0.00900 e. The first-order valence-electron chi connectivity index (χ1n) is 4.79. The SMILES string of the molecule is N#[O+].[C-]#[O+].[C-]#[O+].[CH]1C=CC=C[C@@H]1c1ccccc1.[Mn]. The van der Waals surface area contributed by atoms with E-state index in [1.54, 1.807) is 0 Å². The summed E-state index contributed by atoms with van der Waals surface area (Å²) in [5, 5.41) is 0. The molecule has 0 aliphatic heterocycles. The van der Waals surface area contributed by atoms with Gasteiger partial charge in [0, 0.05) is 23.0 Å².